The number of rotatable bonds is 4. The van der Waals surface area contributed by atoms with Gasteiger partial charge in [0.15, 0.2) is 0 Å². The molecular formula is C23H25N5O2. The lowest BCUT2D eigenvalue weighted by atomic mass is 10.0. The summed E-state index contributed by atoms with van der Waals surface area (Å²) in [4.78, 5) is 17.6. The second-order valence-corrected chi connectivity index (χ2v) is 7.82. The van der Waals surface area contributed by atoms with Crippen molar-refractivity contribution in [3.8, 4) is 17.0 Å². The molecule has 30 heavy (non-hydrogen) atoms. The van der Waals surface area contributed by atoms with Gasteiger partial charge in [-0.3, -0.25) is 9.48 Å². The zero-order valence-electron chi connectivity index (χ0n) is 17.0. The van der Waals surface area contributed by atoms with Crippen molar-refractivity contribution in [2.75, 3.05) is 43.4 Å². The Balaban J connectivity index is 1.35. The van der Waals surface area contributed by atoms with Crippen LogP contribution >= 0.6 is 0 Å². The van der Waals surface area contributed by atoms with Crippen molar-refractivity contribution < 1.29 is 9.53 Å². The first-order valence-corrected chi connectivity index (χ1v) is 10.3. The summed E-state index contributed by atoms with van der Waals surface area (Å²) in [6.07, 6.45) is 1.79. The number of anilines is 2. The predicted molar refractivity (Wildman–Crippen MR) is 117 cm³/mol. The highest BCUT2D eigenvalue weighted by molar-refractivity contribution is 5.94. The molecule has 2 aliphatic rings. The van der Waals surface area contributed by atoms with Gasteiger partial charge in [-0.1, -0.05) is 24.3 Å². The van der Waals surface area contributed by atoms with Crippen LogP contribution in [0.4, 0.5) is 11.4 Å². The lowest BCUT2D eigenvalue weighted by Crippen LogP contribution is -2.44. The van der Waals surface area contributed by atoms with Crippen LogP contribution in [0.15, 0.2) is 54.7 Å². The molecular weight excluding hydrogens is 378 g/mol. The number of hydrogen-bond acceptors (Lipinski definition) is 5. The van der Waals surface area contributed by atoms with Gasteiger partial charge in [0.05, 0.1) is 23.3 Å². The Hall–Kier alpha value is -3.32. The smallest absolute Gasteiger partial charge is 0.246 e. The summed E-state index contributed by atoms with van der Waals surface area (Å²) in [5.74, 6) is 0.735. The third-order valence-electron chi connectivity index (χ3n) is 5.76. The van der Waals surface area contributed by atoms with Crippen molar-refractivity contribution >= 4 is 17.3 Å². The van der Waals surface area contributed by atoms with E-state index in [4.69, 9.17) is 4.74 Å². The van der Waals surface area contributed by atoms with Crippen LogP contribution in [0, 0.1) is 0 Å². The lowest BCUT2D eigenvalue weighted by molar-refractivity contribution is -0.116. The molecule has 7 nitrogen and oxygen atoms in total. The summed E-state index contributed by atoms with van der Waals surface area (Å²) in [6.45, 7) is 4.56. The highest BCUT2D eigenvalue weighted by Crippen LogP contribution is 2.37. The molecule has 0 spiro atoms. The van der Waals surface area contributed by atoms with E-state index in [0.29, 0.717) is 6.61 Å². The van der Waals surface area contributed by atoms with Crippen LogP contribution in [0.2, 0.25) is 0 Å². The fourth-order valence-electron chi connectivity index (χ4n) is 4.13. The van der Waals surface area contributed by atoms with Gasteiger partial charge in [0.25, 0.3) is 0 Å². The number of amides is 1. The molecule has 0 bridgehead atoms. The molecule has 154 valence electrons. The molecule has 3 aromatic rings. The number of nitrogens with zero attached hydrogens (tertiary/aromatic N) is 4. The van der Waals surface area contributed by atoms with Crippen molar-refractivity contribution in [2.45, 2.75) is 13.2 Å². The fourth-order valence-corrected chi connectivity index (χ4v) is 4.13. The van der Waals surface area contributed by atoms with Crippen molar-refractivity contribution in [2.24, 2.45) is 0 Å². The van der Waals surface area contributed by atoms with Gasteiger partial charge in [0.2, 0.25) is 5.91 Å². The number of aromatic nitrogens is 2. The third kappa shape index (κ3) is 3.52. The predicted octanol–water partition coefficient (Wildman–Crippen LogP) is 2.83. The van der Waals surface area contributed by atoms with Crippen molar-refractivity contribution in [3.63, 3.8) is 0 Å². The van der Waals surface area contributed by atoms with E-state index in [0.717, 1.165) is 60.1 Å². The summed E-state index contributed by atoms with van der Waals surface area (Å²) in [7, 11) is 2.14. The zero-order valence-corrected chi connectivity index (χ0v) is 17.0. The Labute approximate surface area is 175 Å². The number of carbonyl (C=O) groups is 1. The largest absolute Gasteiger partial charge is 0.488 e. The minimum Gasteiger partial charge on any atom is -0.488 e. The van der Waals surface area contributed by atoms with Crippen LogP contribution in [0.1, 0.15) is 5.56 Å². The number of piperazine rings is 1. The average Bonchev–Trinajstić information content (AvgIpc) is 3.18. The van der Waals surface area contributed by atoms with E-state index in [2.05, 4.69) is 33.3 Å². The van der Waals surface area contributed by atoms with Gasteiger partial charge in [-0.25, -0.2) is 0 Å². The van der Waals surface area contributed by atoms with Gasteiger partial charge < -0.3 is 19.9 Å². The Kier molecular flexibility index (Phi) is 4.88. The first-order valence-electron chi connectivity index (χ1n) is 10.3. The Morgan fingerprint density at radius 1 is 1.07 bits per heavy atom. The summed E-state index contributed by atoms with van der Waals surface area (Å²) in [5.41, 5.74) is 4.84. The molecule has 0 saturated carbocycles. The highest BCUT2D eigenvalue weighted by Gasteiger charge is 2.23. The van der Waals surface area contributed by atoms with Gasteiger partial charge in [0, 0.05) is 37.3 Å². The molecule has 1 N–H and O–H groups in total. The first-order chi connectivity index (χ1) is 14.7. The number of ether oxygens (including phenoxy) is 1. The monoisotopic (exact) mass is 403 g/mol. The molecule has 1 aromatic heterocycles. The Morgan fingerprint density at radius 2 is 1.83 bits per heavy atom. The number of fused-ring (bicyclic) bond motifs is 3. The molecule has 7 heteroatoms. The maximum absolute atomic E-state index is 12.9. The standard InChI is InChI=1S/C23H25N5O2/c1-26-10-12-27(13-11-26)20-8-4-3-7-19(20)25-22(29)15-28-23-17(14-24-28)16-30-21-9-5-2-6-18(21)23/h2-9,14H,10-13,15-16H2,1H3,(H,25,29). The molecule has 1 amide bonds. The minimum atomic E-state index is -0.0912. The van der Waals surface area contributed by atoms with Gasteiger partial charge in [-0.2, -0.15) is 5.10 Å². The van der Waals surface area contributed by atoms with E-state index in [9.17, 15) is 4.79 Å². The number of nitrogens with one attached hydrogen (secondary N) is 1. The van der Waals surface area contributed by atoms with Crippen LogP contribution in [0.25, 0.3) is 11.3 Å². The van der Waals surface area contributed by atoms with Crippen molar-refractivity contribution in [3.05, 3.63) is 60.3 Å². The lowest BCUT2D eigenvalue weighted by Gasteiger charge is -2.35. The minimum absolute atomic E-state index is 0.0912. The van der Waals surface area contributed by atoms with Gasteiger partial charge in [-0.05, 0) is 31.3 Å². The topological polar surface area (TPSA) is 62.6 Å². The molecule has 1 saturated heterocycles. The van der Waals surface area contributed by atoms with Crippen molar-refractivity contribution in [1.82, 2.24) is 14.7 Å². The Bertz CT molecular complexity index is 1070. The summed E-state index contributed by atoms with van der Waals surface area (Å²) >= 11 is 0. The van der Waals surface area contributed by atoms with Gasteiger partial charge in [0.1, 0.15) is 18.9 Å². The second kappa shape index (κ2) is 7.84. The van der Waals surface area contributed by atoms with Crippen LogP contribution in [-0.4, -0.2) is 53.8 Å². The van der Waals surface area contributed by atoms with E-state index < -0.39 is 0 Å². The van der Waals surface area contributed by atoms with E-state index >= 15 is 0 Å². The van der Waals surface area contributed by atoms with Crippen LogP contribution in [0.5, 0.6) is 5.75 Å². The number of likely N-dealkylation sites (N-methyl/N-ethyl adjacent to an activating group) is 1. The van der Waals surface area contributed by atoms with Crippen molar-refractivity contribution in [1.29, 1.82) is 0 Å². The quantitative estimate of drug-likeness (QED) is 0.726. The SMILES string of the molecule is CN1CCN(c2ccccc2NC(=O)Cn2ncc3c2-c2ccccc2OC3)CC1. The maximum atomic E-state index is 12.9. The fraction of sp³-hybridized carbons (Fsp3) is 0.304. The van der Waals surface area contributed by atoms with E-state index in [-0.39, 0.29) is 12.5 Å². The normalized spacial score (nSPS) is 15.8. The van der Waals surface area contributed by atoms with E-state index in [1.807, 2.05) is 42.5 Å². The van der Waals surface area contributed by atoms with Crippen LogP contribution in [-0.2, 0) is 17.9 Å². The summed E-state index contributed by atoms with van der Waals surface area (Å²) in [6, 6.07) is 15.9. The second-order valence-electron chi connectivity index (χ2n) is 7.82. The summed E-state index contributed by atoms with van der Waals surface area (Å²) < 4.78 is 7.56. The zero-order chi connectivity index (χ0) is 20.5. The molecule has 3 heterocycles. The molecule has 2 aliphatic heterocycles. The maximum Gasteiger partial charge on any atom is 0.246 e. The summed E-state index contributed by atoms with van der Waals surface area (Å²) in [5, 5.41) is 7.56. The van der Waals surface area contributed by atoms with E-state index in [1.165, 1.54) is 0 Å². The number of hydrogen-bond donors (Lipinski definition) is 1. The average molecular weight is 403 g/mol. The van der Waals surface area contributed by atoms with Crippen LogP contribution < -0.4 is 15.0 Å². The number of benzene rings is 2. The van der Waals surface area contributed by atoms with E-state index in [1.54, 1.807) is 10.9 Å². The van der Waals surface area contributed by atoms with Crippen LogP contribution in [0.3, 0.4) is 0 Å². The third-order valence-corrected chi connectivity index (χ3v) is 5.76. The Morgan fingerprint density at radius 3 is 2.70 bits per heavy atom. The highest BCUT2D eigenvalue weighted by atomic mass is 16.5. The van der Waals surface area contributed by atoms with Gasteiger partial charge in [-0.15, -0.1) is 0 Å². The molecule has 0 aliphatic carbocycles. The first kappa shape index (κ1) is 18.7. The molecule has 0 unspecified atom stereocenters. The molecule has 0 radical (unpaired) electrons. The molecule has 2 aromatic carbocycles. The number of carbonyl (C=O) groups excluding carboxylic acids is 1. The number of para-hydroxylation sites is 3. The molecule has 1 fully saturated rings. The molecule has 0 atom stereocenters. The van der Waals surface area contributed by atoms with Gasteiger partial charge >= 0.3 is 0 Å². The molecule has 5 rings (SSSR count).